The summed E-state index contributed by atoms with van der Waals surface area (Å²) < 4.78 is 58.1. The van der Waals surface area contributed by atoms with Crippen LogP contribution in [0.25, 0.3) is 11.4 Å². The fraction of sp³-hybridized carbons (Fsp3) is 0.423. The maximum atomic E-state index is 14.4. The van der Waals surface area contributed by atoms with Crippen LogP contribution in [0.4, 0.5) is 23.4 Å². The number of anilines is 1. The second kappa shape index (κ2) is 9.48. The number of hydrogen-bond donors (Lipinski definition) is 1. The van der Waals surface area contributed by atoms with Crippen LogP contribution in [0.15, 0.2) is 30.7 Å². The summed E-state index contributed by atoms with van der Waals surface area (Å²) in [6.45, 7) is 4.39. The Morgan fingerprint density at radius 2 is 1.89 bits per heavy atom. The van der Waals surface area contributed by atoms with Gasteiger partial charge in [-0.15, -0.1) is 0 Å². The van der Waals surface area contributed by atoms with Crippen LogP contribution in [-0.2, 0) is 17.4 Å². The summed E-state index contributed by atoms with van der Waals surface area (Å²) in [6, 6.07) is 3.31. The number of amides is 1. The Morgan fingerprint density at radius 3 is 2.58 bits per heavy atom. The van der Waals surface area contributed by atoms with Gasteiger partial charge >= 0.3 is 6.18 Å². The standard InChI is InChI=1S/C26H26F4N6O2/c1-14(18-9-21(38-3)31-12-20(18)27)24(37)36-7-6-25(13-36)5-4-16-8-19(15(2)34-22(16)35-25)23-32-10-17(11-33-23)26(28,29)30/h8-12,14H,4-7,13H2,1-3H3,(H,34,35)/t14-,25+/m1/s1. The van der Waals surface area contributed by atoms with Gasteiger partial charge in [-0.25, -0.2) is 24.3 Å². The van der Waals surface area contributed by atoms with E-state index in [0.29, 0.717) is 43.0 Å². The summed E-state index contributed by atoms with van der Waals surface area (Å²) in [5, 5.41) is 3.52. The predicted octanol–water partition coefficient (Wildman–Crippen LogP) is 4.54. The lowest BCUT2D eigenvalue weighted by molar-refractivity contribution is -0.138. The quantitative estimate of drug-likeness (QED) is 0.495. The first kappa shape index (κ1) is 25.8. The minimum Gasteiger partial charge on any atom is -0.481 e. The van der Waals surface area contributed by atoms with Crippen LogP contribution in [0.2, 0.25) is 0 Å². The van der Waals surface area contributed by atoms with Crippen molar-refractivity contribution in [2.75, 3.05) is 25.5 Å². The maximum absolute atomic E-state index is 14.4. The summed E-state index contributed by atoms with van der Waals surface area (Å²) in [7, 11) is 1.43. The number of likely N-dealkylation sites (tertiary alicyclic amines) is 1. The average molecular weight is 531 g/mol. The third kappa shape index (κ3) is 4.74. The summed E-state index contributed by atoms with van der Waals surface area (Å²) >= 11 is 0. The number of nitrogens with one attached hydrogen (secondary N) is 1. The Balaban J connectivity index is 1.32. The zero-order valence-corrected chi connectivity index (χ0v) is 21.1. The molecule has 5 heterocycles. The number of ether oxygens (including phenoxy) is 1. The van der Waals surface area contributed by atoms with E-state index >= 15 is 0 Å². The van der Waals surface area contributed by atoms with E-state index in [9.17, 15) is 22.4 Å². The van der Waals surface area contributed by atoms with Gasteiger partial charge in [-0.3, -0.25) is 4.79 Å². The fourth-order valence-electron chi connectivity index (χ4n) is 5.12. The van der Waals surface area contributed by atoms with Gasteiger partial charge < -0.3 is 15.0 Å². The van der Waals surface area contributed by atoms with E-state index in [1.165, 1.54) is 13.2 Å². The Kier molecular flexibility index (Phi) is 6.44. The average Bonchev–Trinajstić information content (AvgIpc) is 3.30. The number of carbonyl (C=O) groups is 1. The van der Waals surface area contributed by atoms with Crippen molar-refractivity contribution in [1.82, 2.24) is 24.8 Å². The van der Waals surface area contributed by atoms with E-state index in [4.69, 9.17) is 4.74 Å². The van der Waals surface area contributed by atoms with Crippen LogP contribution in [0, 0.1) is 12.7 Å². The molecule has 0 unspecified atom stereocenters. The second-order valence-electron chi connectivity index (χ2n) is 9.81. The van der Waals surface area contributed by atoms with E-state index in [1.54, 1.807) is 18.7 Å². The molecule has 1 spiro atoms. The highest BCUT2D eigenvalue weighted by atomic mass is 19.4. The SMILES string of the molecule is COc1cc([C@@H](C)C(=O)N2CC[C@@]3(CCc4cc(-c5ncc(C(F)(F)F)cn5)c(C)nc4N3)C2)c(F)cn1. The Bertz CT molecular complexity index is 1380. The van der Waals surface area contributed by atoms with Gasteiger partial charge in [-0.1, -0.05) is 0 Å². The molecule has 1 N–H and O–H groups in total. The van der Waals surface area contributed by atoms with Gasteiger partial charge in [0.25, 0.3) is 0 Å². The van der Waals surface area contributed by atoms with Gasteiger partial charge in [0.05, 0.1) is 36.0 Å². The van der Waals surface area contributed by atoms with Crippen LogP contribution in [0.3, 0.4) is 0 Å². The van der Waals surface area contributed by atoms with Crippen molar-refractivity contribution >= 4 is 11.7 Å². The Morgan fingerprint density at radius 1 is 1.16 bits per heavy atom. The first-order valence-corrected chi connectivity index (χ1v) is 12.2. The summed E-state index contributed by atoms with van der Waals surface area (Å²) in [5.41, 5.74) is 1.01. The van der Waals surface area contributed by atoms with E-state index in [2.05, 4.69) is 25.3 Å². The molecular formula is C26H26F4N6O2. The molecule has 8 nitrogen and oxygen atoms in total. The number of fused-ring (bicyclic) bond motifs is 1. The highest BCUT2D eigenvalue weighted by molar-refractivity contribution is 5.84. The van der Waals surface area contributed by atoms with Crippen molar-refractivity contribution in [2.24, 2.45) is 0 Å². The number of methoxy groups -OCH3 is 1. The van der Waals surface area contributed by atoms with Crippen LogP contribution < -0.4 is 10.1 Å². The monoisotopic (exact) mass is 530 g/mol. The minimum absolute atomic E-state index is 0.178. The third-order valence-electron chi connectivity index (χ3n) is 7.34. The topological polar surface area (TPSA) is 93.1 Å². The van der Waals surface area contributed by atoms with Crippen LogP contribution >= 0.6 is 0 Å². The highest BCUT2D eigenvalue weighted by Gasteiger charge is 2.43. The number of carbonyl (C=O) groups excluding carboxylic acids is 1. The zero-order chi connectivity index (χ0) is 27.2. The van der Waals surface area contributed by atoms with E-state index in [1.807, 2.05) is 6.07 Å². The molecule has 3 aromatic rings. The number of hydrogen-bond acceptors (Lipinski definition) is 7. The molecule has 0 saturated carbocycles. The molecule has 2 aliphatic heterocycles. The lowest BCUT2D eigenvalue weighted by atomic mass is 9.86. The predicted molar refractivity (Wildman–Crippen MR) is 130 cm³/mol. The number of aryl methyl sites for hydroxylation is 2. The number of rotatable bonds is 4. The Hall–Kier alpha value is -3.83. The Labute approximate surface area is 216 Å². The molecule has 2 aliphatic rings. The molecule has 1 amide bonds. The van der Waals surface area contributed by atoms with Gasteiger partial charge in [-0.05, 0) is 44.7 Å². The summed E-state index contributed by atoms with van der Waals surface area (Å²) in [4.78, 5) is 31.4. The van der Waals surface area contributed by atoms with Crippen molar-refractivity contribution in [3.63, 3.8) is 0 Å². The summed E-state index contributed by atoms with van der Waals surface area (Å²) in [5.74, 6) is -0.343. The van der Waals surface area contributed by atoms with Crippen LogP contribution in [0.5, 0.6) is 5.88 Å². The van der Waals surface area contributed by atoms with Crippen molar-refractivity contribution in [3.05, 3.63) is 58.9 Å². The number of alkyl halides is 3. The van der Waals surface area contributed by atoms with Gasteiger partial charge in [0.1, 0.15) is 11.6 Å². The third-order valence-corrected chi connectivity index (χ3v) is 7.34. The molecule has 38 heavy (non-hydrogen) atoms. The van der Waals surface area contributed by atoms with Crippen LogP contribution in [0.1, 0.15) is 48.1 Å². The molecule has 1 saturated heterocycles. The molecular weight excluding hydrogens is 504 g/mol. The first-order valence-electron chi connectivity index (χ1n) is 12.2. The van der Waals surface area contributed by atoms with E-state index in [0.717, 1.165) is 30.6 Å². The zero-order valence-electron chi connectivity index (χ0n) is 21.1. The van der Waals surface area contributed by atoms with Crippen LogP contribution in [-0.4, -0.2) is 56.5 Å². The van der Waals surface area contributed by atoms with Crippen molar-refractivity contribution < 1.29 is 27.1 Å². The highest BCUT2D eigenvalue weighted by Crippen LogP contribution is 2.39. The number of aromatic nitrogens is 4. The molecule has 3 aromatic heterocycles. The molecule has 0 bridgehead atoms. The normalized spacial score (nSPS) is 19.7. The number of halogens is 4. The largest absolute Gasteiger partial charge is 0.481 e. The van der Waals surface area contributed by atoms with Gasteiger partial charge in [0.15, 0.2) is 5.82 Å². The maximum Gasteiger partial charge on any atom is 0.419 e. The molecule has 200 valence electrons. The van der Waals surface area contributed by atoms with Gasteiger partial charge in [-0.2, -0.15) is 13.2 Å². The molecule has 0 aromatic carbocycles. The van der Waals surface area contributed by atoms with E-state index < -0.39 is 23.5 Å². The van der Waals surface area contributed by atoms with Crippen molar-refractivity contribution in [1.29, 1.82) is 0 Å². The van der Waals surface area contributed by atoms with Gasteiger partial charge in [0, 0.05) is 42.7 Å². The molecule has 0 aliphatic carbocycles. The lowest BCUT2D eigenvalue weighted by Crippen LogP contribution is -2.46. The summed E-state index contributed by atoms with van der Waals surface area (Å²) in [6.07, 6.45) is 0.192. The van der Waals surface area contributed by atoms with E-state index in [-0.39, 0.29) is 28.7 Å². The molecule has 12 heteroatoms. The molecule has 2 atom stereocenters. The minimum atomic E-state index is -4.51. The first-order chi connectivity index (χ1) is 18.0. The lowest BCUT2D eigenvalue weighted by Gasteiger charge is -2.36. The molecule has 5 rings (SSSR count). The van der Waals surface area contributed by atoms with Crippen molar-refractivity contribution in [3.8, 4) is 17.3 Å². The van der Waals surface area contributed by atoms with Crippen molar-refractivity contribution in [2.45, 2.75) is 50.7 Å². The number of nitrogens with zero attached hydrogens (tertiary/aromatic N) is 5. The number of pyridine rings is 2. The second-order valence-corrected chi connectivity index (χ2v) is 9.81. The fourth-order valence-corrected chi connectivity index (χ4v) is 5.12. The molecule has 0 radical (unpaired) electrons. The smallest absolute Gasteiger partial charge is 0.419 e. The molecule has 1 fully saturated rings. The van der Waals surface area contributed by atoms with Gasteiger partial charge in [0.2, 0.25) is 11.8 Å².